The molecule has 80 valence electrons. The van der Waals surface area contributed by atoms with Gasteiger partial charge in [-0.1, -0.05) is 29.8 Å². The molecular formula is C12H9ClN2O. The van der Waals surface area contributed by atoms with Crippen molar-refractivity contribution in [3.05, 3.63) is 53.1 Å². The number of aromatic nitrogens is 2. The number of nitrogens with zero attached hydrogens (tertiary/aromatic N) is 2. The summed E-state index contributed by atoms with van der Waals surface area (Å²) in [5.41, 5.74) is 1.19. The third kappa shape index (κ3) is 1.63. The van der Waals surface area contributed by atoms with Crippen molar-refractivity contribution in [1.29, 1.82) is 0 Å². The summed E-state index contributed by atoms with van der Waals surface area (Å²) < 4.78 is 5.76. The van der Waals surface area contributed by atoms with Gasteiger partial charge < -0.3 is 4.74 Å². The average Bonchev–Trinajstić information content (AvgIpc) is 2.72. The first-order chi connectivity index (χ1) is 7.83. The molecule has 1 aromatic heterocycles. The number of ether oxygens (including phenoxy) is 1. The van der Waals surface area contributed by atoms with Crippen LogP contribution in [0.25, 0.3) is 0 Å². The molecule has 3 rings (SSSR count). The van der Waals surface area contributed by atoms with Gasteiger partial charge in [-0.05, 0) is 17.7 Å². The van der Waals surface area contributed by atoms with Crippen LogP contribution in [-0.2, 0) is 6.42 Å². The Morgan fingerprint density at radius 3 is 2.94 bits per heavy atom. The molecule has 1 aliphatic heterocycles. The highest BCUT2D eigenvalue weighted by Crippen LogP contribution is 2.34. The SMILES string of the molecule is Clc1ccnc(C2Cc3ccccc3O2)n1. The maximum atomic E-state index is 5.83. The van der Waals surface area contributed by atoms with Crippen LogP contribution in [-0.4, -0.2) is 9.97 Å². The van der Waals surface area contributed by atoms with E-state index in [0.717, 1.165) is 12.2 Å². The van der Waals surface area contributed by atoms with Crippen molar-refractivity contribution < 1.29 is 4.74 Å². The average molecular weight is 233 g/mol. The van der Waals surface area contributed by atoms with Gasteiger partial charge in [0.15, 0.2) is 11.9 Å². The smallest absolute Gasteiger partial charge is 0.171 e. The van der Waals surface area contributed by atoms with E-state index in [2.05, 4.69) is 16.0 Å². The van der Waals surface area contributed by atoms with Crippen molar-refractivity contribution in [1.82, 2.24) is 9.97 Å². The second kappa shape index (κ2) is 3.76. The summed E-state index contributed by atoms with van der Waals surface area (Å²) in [7, 11) is 0. The van der Waals surface area contributed by atoms with E-state index in [4.69, 9.17) is 16.3 Å². The lowest BCUT2D eigenvalue weighted by atomic mass is 10.1. The molecule has 16 heavy (non-hydrogen) atoms. The first kappa shape index (κ1) is 9.60. The predicted octanol–water partition coefficient (Wildman–Crippen LogP) is 2.81. The zero-order chi connectivity index (χ0) is 11.0. The van der Waals surface area contributed by atoms with Crippen molar-refractivity contribution in [3.8, 4) is 5.75 Å². The molecule has 0 saturated heterocycles. The van der Waals surface area contributed by atoms with Gasteiger partial charge >= 0.3 is 0 Å². The third-order valence-electron chi connectivity index (χ3n) is 2.58. The first-order valence-electron chi connectivity index (χ1n) is 5.06. The fraction of sp³-hybridized carbons (Fsp3) is 0.167. The van der Waals surface area contributed by atoms with E-state index in [1.54, 1.807) is 12.3 Å². The van der Waals surface area contributed by atoms with E-state index in [1.807, 2.05) is 18.2 Å². The highest BCUT2D eigenvalue weighted by molar-refractivity contribution is 6.29. The fourth-order valence-corrected chi connectivity index (χ4v) is 1.97. The first-order valence-corrected chi connectivity index (χ1v) is 5.44. The standard InChI is InChI=1S/C12H9ClN2O/c13-11-5-6-14-12(15-11)10-7-8-3-1-2-4-9(8)16-10/h1-6,10H,7H2. The number of rotatable bonds is 1. The van der Waals surface area contributed by atoms with Crippen molar-refractivity contribution in [2.75, 3.05) is 0 Å². The van der Waals surface area contributed by atoms with E-state index >= 15 is 0 Å². The fourth-order valence-electron chi connectivity index (χ4n) is 1.83. The zero-order valence-corrected chi connectivity index (χ0v) is 9.19. The van der Waals surface area contributed by atoms with Gasteiger partial charge in [-0.25, -0.2) is 9.97 Å². The lowest BCUT2D eigenvalue weighted by Crippen LogP contribution is -2.07. The highest BCUT2D eigenvalue weighted by Gasteiger charge is 2.26. The summed E-state index contributed by atoms with van der Waals surface area (Å²) >= 11 is 5.83. The molecule has 1 atom stereocenters. The van der Waals surface area contributed by atoms with Crippen LogP contribution in [0.3, 0.4) is 0 Å². The van der Waals surface area contributed by atoms with Crippen LogP contribution < -0.4 is 4.74 Å². The van der Waals surface area contributed by atoms with Crippen molar-refractivity contribution in [2.45, 2.75) is 12.5 Å². The quantitative estimate of drug-likeness (QED) is 0.710. The molecule has 3 nitrogen and oxygen atoms in total. The van der Waals surface area contributed by atoms with Gasteiger partial charge in [0.2, 0.25) is 0 Å². The summed E-state index contributed by atoms with van der Waals surface area (Å²) in [6.07, 6.45) is 2.34. The van der Waals surface area contributed by atoms with Crippen LogP contribution in [0.15, 0.2) is 36.5 Å². The minimum absolute atomic E-state index is 0.115. The summed E-state index contributed by atoms with van der Waals surface area (Å²) in [4.78, 5) is 8.35. The number of para-hydroxylation sites is 1. The van der Waals surface area contributed by atoms with E-state index in [9.17, 15) is 0 Å². The molecule has 0 bridgehead atoms. The number of hydrogen-bond acceptors (Lipinski definition) is 3. The largest absolute Gasteiger partial charge is 0.482 e. The van der Waals surface area contributed by atoms with Crippen LogP contribution in [0.1, 0.15) is 17.5 Å². The Morgan fingerprint density at radius 1 is 1.25 bits per heavy atom. The number of hydrogen-bond donors (Lipinski definition) is 0. The molecule has 0 N–H and O–H groups in total. The number of fused-ring (bicyclic) bond motifs is 1. The van der Waals surface area contributed by atoms with E-state index in [1.165, 1.54) is 5.56 Å². The predicted molar refractivity (Wildman–Crippen MR) is 60.6 cm³/mol. The third-order valence-corrected chi connectivity index (χ3v) is 2.79. The van der Waals surface area contributed by atoms with Gasteiger partial charge in [-0.3, -0.25) is 0 Å². The Hall–Kier alpha value is -1.61. The van der Waals surface area contributed by atoms with Crippen LogP contribution in [0.2, 0.25) is 5.15 Å². The van der Waals surface area contributed by atoms with E-state index < -0.39 is 0 Å². The van der Waals surface area contributed by atoms with Crippen LogP contribution in [0, 0.1) is 0 Å². The van der Waals surface area contributed by atoms with Gasteiger partial charge in [-0.2, -0.15) is 0 Å². The maximum Gasteiger partial charge on any atom is 0.171 e. The highest BCUT2D eigenvalue weighted by atomic mass is 35.5. The molecule has 4 heteroatoms. The minimum Gasteiger partial charge on any atom is -0.482 e. The number of halogens is 1. The molecule has 0 spiro atoms. The van der Waals surface area contributed by atoms with E-state index in [0.29, 0.717) is 11.0 Å². The molecule has 2 aromatic rings. The van der Waals surface area contributed by atoms with Gasteiger partial charge in [0.05, 0.1) is 0 Å². The Bertz CT molecular complexity index is 505. The normalized spacial score (nSPS) is 17.9. The molecule has 2 heterocycles. The summed E-state index contributed by atoms with van der Waals surface area (Å²) in [5.74, 6) is 1.56. The van der Waals surface area contributed by atoms with E-state index in [-0.39, 0.29) is 6.10 Å². The Balaban J connectivity index is 1.91. The molecule has 0 fully saturated rings. The number of benzene rings is 1. The van der Waals surface area contributed by atoms with Gasteiger partial charge in [0, 0.05) is 12.6 Å². The zero-order valence-electron chi connectivity index (χ0n) is 8.43. The van der Waals surface area contributed by atoms with Gasteiger partial charge in [-0.15, -0.1) is 0 Å². The van der Waals surface area contributed by atoms with Crippen LogP contribution in [0.5, 0.6) is 5.75 Å². The summed E-state index contributed by atoms with van der Waals surface area (Å²) in [6.45, 7) is 0. The summed E-state index contributed by atoms with van der Waals surface area (Å²) in [6, 6.07) is 9.64. The molecule has 0 saturated carbocycles. The molecule has 0 aliphatic carbocycles. The molecule has 1 aliphatic rings. The second-order valence-corrected chi connectivity index (χ2v) is 4.04. The van der Waals surface area contributed by atoms with Gasteiger partial charge in [0.1, 0.15) is 10.9 Å². The molecule has 1 unspecified atom stereocenters. The topological polar surface area (TPSA) is 35.0 Å². The Morgan fingerprint density at radius 2 is 2.12 bits per heavy atom. The Kier molecular flexibility index (Phi) is 2.26. The molecular weight excluding hydrogens is 224 g/mol. The van der Waals surface area contributed by atoms with Crippen molar-refractivity contribution >= 4 is 11.6 Å². The second-order valence-electron chi connectivity index (χ2n) is 3.66. The van der Waals surface area contributed by atoms with Crippen LogP contribution in [0.4, 0.5) is 0 Å². The van der Waals surface area contributed by atoms with Crippen molar-refractivity contribution in [3.63, 3.8) is 0 Å². The minimum atomic E-state index is -0.115. The van der Waals surface area contributed by atoms with Gasteiger partial charge in [0.25, 0.3) is 0 Å². The lowest BCUT2D eigenvalue weighted by Gasteiger charge is -2.08. The maximum absolute atomic E-state index is 5.83. The molecule has 1 aromatic carbocycles. The Labute approximate surface area is 98.1 Å². The van der Waals surface area contributed by atoms with Crippen LogP contribution >= 0.6 is 11.6 Å². The van der Waals surface area contributed by atoms with Crippen molar-refractivity contribution in [2.24, 2.45) is 0 Å². The monoisotopic (exact) mass is 232 g/mol. The lowest BCUT2D eigenvalue weighted by molar-refractivity contribution is 0.227. The summed E-state index contributed by atoms with van der Waals surface area (Å²) in [5, 5.41) is 0.449. The molecule has 0 amide bonds. The molecule has 0 radical (unpaired) electrons.